The molecular formula is C18H20N2O4S. The van der Waals surface area contributed by atoms with Crippen LogP contribution in [0.5, 0.6) is 23.0 Å². The molecule has 1 aliphatic heterocycles. The highest BCUT2D eigenvalue weighted by Crippen LogP contribution is 2.34. The Kier molecular flexibility index (Phi) is 5.14. The van der Waals surface area contributed by atoms with Crippen molar-refractivity contribution >= 4 is 23.0 Å². The van der Waals surface area contributed by atoms with Crippen molar-refractivity contribution in [1.82, 2.24) is 5.32 Å². The first-order valence-electron chi connectivity index (χ1n) is 7.80. The molecule has 2 aromatic rings. The third-order valence-corrected chi connectivity index (χ3v) is 4.10. The lowest BCUT2D eigenvalue weighted by Gasteiger charge is -2.20. The number of fused-ring (bicyclic) bond motifs is 1. The van der Waals surface area contributed by atoms with E-state index >= 15 is 0 Å². The van der Waals surface area contributed by atoms with Crippen LogP contribution in [0.15, 0.2) is 36.4 Å². The SMILES string of the molecule is COc1ccc(OC)c(C(C)NC(=S)Nc2ccc3c(c2)OCO3)c1. The molecule has 0 bridgehead atoms. The number of hydrogen-bond acceptors (Lipinski definition) is 5. The normalized spacial score (nSPS) is 13.1. The number of anilines is 1. The van der Waals surface area contributed by atoms with E-state index in [0.717, 1.165) is 28.5 Å². The van der Waals surface area contributed by atoms with Crippen molar-refractivity contribution in [3.8, 4) is 23.0 Å². The second kappa shape index (κ2) is 7.48. The Morgan fingerprint density at radius 3 is 2.64 bits per heavy atom. The molecule has 0 fully saturated rings. The molecule has 1 aliphatic rings. The van der Waals surface area contributed by atoms with Crippen LogP contribution in [0.1, 0.15) is 18.5 Å². The standard InChI is InChI=1S/C18H20N2O4S/c1-11(14-9-13(21-2)5-7-15(14)22-3)19-18(25)20-12-4-6-16-17(8-12)24-10-23-16/h4-9,11H,10H2,1-3H3,(H2,19,20,25). The van der Waals surface area contributed by atoms with Crippen molar-refractivity contribution in [3.05, 3.63) is 42.0 Å². The molecule has 1 unspecified atom stereocenters. The fourth-order valence-corrected chi connectivity index (χ4v) is 2.89. The number of thiocarbonyl (C=S) groups is 1. The third-order valence-electron chi connectivity index (χ3n) is 3.88. The minimum Gasteiger partial charge on any atom is -0.497 e. The quantitative estimate of drug-likeness (QED) is 0.792. The summed E-state index contributed by atoms with van der Waals surface area (Å²) >= 11 is 5.41. The van der Waals surface area contributed by atoms with Gasteiger partial charge in [0.25, 0.3) is 0 Å². The van der Waals surface area contributed by atoms with E-state index in [4.69, 9.17) is 31.2 Å². The second-order valence-electron chi connectivity index (χ2n) is 5.50. The number of rotatable bonds is 5. The number of ether oxygens (including phenoxy) is 4. The van der Waals surface area contributed by atoms with Gasteiger partial charge in [0.15, 0.2) is 16.6 Å². The Morgan fingerprint density at radius 2 is 1.88 bits per heavy atom. The fourth-order valence-electron chi connectivity index (χ4n) is 2.59. The lowest BCUT2D eigenvalue weighted by atomic mass is 10.1. The maximum atomic E-state index is 5.43. The van der Waals surface area contributed by atoms with Gasteiger partial charge in [-0.05, 0) is 49.5 Å². The third kappa shape index (κ3) is 3.88. The van der Waals surface area contributed by atoms with Crippen LogP contribution in [0.3, 0.4) is 0 Å². The molecule has 0 saturated heterocycles. The number of methoxy groups -OCH3 is 2. The predicted octanol–water partition coefficient (Wildman–Crippen LogP) is 3.48. The van der Waals surface area contributed by atoms with Gasteiger partial charge in [-0.3, -0.25) is 0 Å². The highest BCUT2D eigenvalue weighted by molar-refractivity contribution is 7.80. The molecule has 0 radical (unpaired) electrons. The van der Waals surface area contributed by atoms with E-state index in [1.54, 1.807) is 14.2 Å². The van der Waals surface area contributed by atoms with Gasteiger partial charge in [-0.1, -0.05) is 0 Å². The van der Waals surface area contributed by atoms with Crippen molar-refractivity contribution < 1.29 is 18.9 Å². The van der Waals surface area contributed by atoms with Gasteiger partial charge in [0.1, 0.15) is 11.5 Å². The van der Waals surface area contributed by atoms with E-state index in [1.165, 1.54) is 0 Å². The molecule has 2 N–H and O–H groups in total. The minimum atomic E-state index is -0.0703. The van der Waals surface area contributed by atoms with Crippen LogP contribution in [0.4, 0.5) is 5.69 Å². The van der Waals surface area contributed by atoms with E-state index < -0.39 is 0 Å². The van der Waals surface area contributed by atoms with Gasteiger partial charge in [-0.25, -0.2) is 0 Å². The van der Waals surface area contributed by atoms with E-state index in [2.05, 4.69) is 10.6 Å². The Balaban J connectivity index is 1.68. The van der Waals surface area contributed by atoms with Crippen molar-refractivity contribution in [1.29, 1.82) is 0 Å². The van der Waals surface area contributed by atoms with Crippen molar-refractivity contribution in [2.24, 2.45) is 0 Å². The summed E-state index contributed by atoms with van der Waals surface area (Å²) < 4.78 is 21.4. The molecule has 7 heteroatoms. The van der Waals surface area contributed by atoms with Crippen LogP contribution in [0.2, 0.25) is 0 Å². The molecule has 0 aromatic heterocycles. The molecule has 132 valence electrons. The first kappa shape index (κ1) is 17.2. The van der Waals surface area contributed by atoms with Gasteiger partial charge < -0.3 is 29.6 Å². The Labute approximate surface area is 152 Å². The molecule has 3 rings (SSSR count). The Hall–Kier alpha value is -2.67. The Morgan fingerprint density at radius 1 is 1.08 bits per heavy atom. The molecule has 6 nitrogen and oxygen atoms in total. The van der Waals surface area contributed by atoms with Crippen molar-refractivity contribution in [2.45, 2.75) is 13.0 Å². The summed E-state index contributed by atoms with van der Waals surface area (Å²) in [6, 6.07) is 11.2. The minimum absolute atomic E-state index is 0.0703. The van der Waals surface area contributed by atoms with Crippen molar-refractivity contribution in [2.75, 3.05) is 26.3 Å². The highest BCUT2D eigenvalue weighted by atomic mass is 32.1. The summed E-state index contributed by atoms with van der Waals surface area (Å²) in [6.07, 6.45) is 0. The zero-order chi connectivity index (χ0) is 17.8. The van der Waals surface area contributed by atoms with Crippen molar-refractivity contribution in [3.63, 3.8) is 0 Å². The van der Waals surface area contributed by atoms with Crippen LogP contribution in [-0.4, -0.2) is 26.1 Å². The predicted molar refractivity (Wildman–Crippen MR) is 99.9 cm³/mol. The largest absolute Gasteiger partial charge is 0.497 e. The molecule has 0 spiro atoms. The van der Waals surface area contributed by atoms with Crippen LogP contribution in [0.25, 0.3) is 0 Å². The molecular weight excluding hydrogens is 340 g/mol. The first-order valence-corrected chi connectivity index (χ1v) is 8.20. The smallest absolute Gasteiger partial charge is 0.231 e. The van der Waals surface area contributed by atoms with Crippen LogP contribution in [-0.2, 0) is 0 Å². The van der Waals surface area contributed by atoms with Gasteiger partial charge in [-0.2, -0.15) is 0 Å². The van der Waals surface area contributed by atoms with E-state index in [1.807, 2.05) is 43.3 Å². The average Bonchev–Trinajstić information content (AvgIpc) is 3.08. The van der Waals surface area contributed by atoms with E-state index in [0.29, 0.717) is 10.9 Å². The van der Waals surface area contributed by atoms with Crippen LogP contribution < -0.4 is 29.6 Å². The van der Waals surface area contributed by atoms with Gasteiger partial charge in [0, 0.05) is 17.3 Å². The summed E-state index contributed by atoms with van der Waals surface area (Å²) in [5.74, 6) is 2.97. The molecule has 2 aromatic carbocycles. The molecule has 1 atom stereocenters. The summed E-state index contributed by atoms with van der Waals surface area (Å²) in [4.78, 5) is 0. The van der Waals surface area contributed by atoms with Gasteiger partial charge >= 0.3 is 0 Å². The van der Waals surface area contributed by atoms with E-state index in [9.17, 15) is 0 Å². The van der Waals surface area contributed by atoms with Crippen LogP contribution >= 0.6 is 12.2 Å². The molecule has 25 heavy (non-hydrogen) atoms. The maximum Gasteiger partial charge on any atom is 0.231 e. The van der Waals surface area contributed by atoms with Gasteiger partial charge in [0.05, 0.1) is 20.3 Å². The van der Waals surface area contributed by atoms with E-state index in [-0.39, 0.29) is 12.8 Å². The monoisotopic (exact) mass is 360 g/mol. The summed E-state index contributed by atoms with van der Waals surface area (Å²) in [6.45, 7) is 2.25. The molecule has 0 aliphatic carbocycles. The molecule has 1 heterocycles. The Bertz CT molecular complexity index is 782. The summed E-state index contributed by atoms with van der Waals surface area (Å²) in [7, 11) is 3.27. The second-order valence-corrected chi connectivity index (χ2v) is 5.90. The van der Waals surface area contributed by atoms with Gasteiger partial charge in [0.2, 0.25) is 6.79 Å². The zero-order valence-electron chi connectivity index (χ0n) is 14.3. The highest BCUT2D eigenvalue weighted by Gasteiger charge is 2.16. The molecule has 0 saturated carbocycles. The maximum absolute atomic E-state index is 5.43. The lowest BCUT2D eigenvalue weighted by Crippen LogP contribution is -2.31. The van der Waals surface area contributed by atoms with Gasteiger partial charge in [-0.15, -0.1) is 0 Å². The number of benzene rings is 2. The summed E-state index contributed by atoms with van der Waals surface area (Å²) in [5.41, 5.74) is 1.78. The van der Waals surface area contributed by atoms with Crippen LogP contribution in [0, 0.1) is 0 Å². The first-order chi connectivity index (χ1) is 12.1. The topological polar surface area (TPSA) is 61.0 Å². The zero-order valence-corrected chi connectivity index (χ0v) is 15.1. The number of nitrogens with one attached hydrogen (secondary N) is 2. The average molecular weight is 360 g/mol. The summed E-state index contributed by atoms with van der Waals surface area (Å²) in [5, 5.41) is 6.90. The lowest BCUT2D eigenvalue weighted by molar-refractivity contribution is 0.174. The number of hydrogen-bond donors (Lipinski definition) is 2. The fraction of sp³-hybridized carbons (Fsp3) is 0.278. The molecule has 0 amide bonds.